The summed E-state index contributed by atoms with van der Waals surface area (Å²) in [5.41, 5.74) is 0.881. The lowest BCUT2D eigenvalue weighted by molar-refractivity contribution is -0.123. The van der Waals surface area contributed by atoms with Crippen molar-refractivity contribution < 1.29 is 4.79 Å². The van der Waals surface area contributed by atoms with Gasteiger partial charge in [-0.05, 0) is 13.0 Å². The minimum Gasteiger partial charge on any atom is -0.354 e. The van der Waals surface area contributed by atoms with Crippen LogP contribution in [-0.2, 0) is 11.8 Å². The average molecular weight is 261 g/mol. The highest BCUT2D eigenvalue weighted by atomic mass is 35.5. The summed E-state index contributed by atoms with van der Waals surface area (Å²) >= 11 is 0. The van der Waals surface area contributed by atoms with E-state index in [0.29, 0.717) is 12.5 Å². The fraction of sp³-hybridized carbons (Fsp3) is 0.636. The first-order valence-corrected chi connectivity index (χ1v) is 5.48. The van der Waals surface area contributed by atoms with Gasteiger partial charge in [-0.25, -0.2) is 0 Å². The molecule has 0 aliphatic rings. The Balaban J connectivity index is 0.00000256. The lowest BCUT2D eigenvalue weighted by Crippen LogP contribution is -2.37. The van der Waals surface area contributed by atoms with Gasteiger partial charge in [0.25, 0.3) is 0 Å². The van der Waals surface area contributed by atoms with Gasteiger partial charge in [0.2, 0.25) is 5.91 Å². The summed E-state index contributed by atoms with van der Waals surface area (Å²) in [4.78, 5) is 11.9. The molecule has 1 unspecified atom stereocenters. The molecule has 0 saturated carbocycles. The van der Waals surface area contributed by atoms with Crippen LogP contribution < -0.4 is 10.6 Å². The van der Waals surface area contributed by atoms with E-state index in [0.717, 1.165) is 5.56 Å². The summed E-state index contributed by atoms with van der Waals surface area (Å²) in [5.74, 6) is 0.444. The smallest absolute Gasteiger partial charge is 0.241 e. The fourth-order valence-corrected chi connectivity index (χ4v) is 1.45. The Bertz CT molecular complexity index is 351. The third kappa shape index (κ3) is 4.75. The zero-order chi connectivity index (χ0) is 12.1. The van der Waals surface area contributed by atoms with Crippen LogP contribution in [0.5, 0.6) is 0 Å². The normalized spacial score (nSPS) is 12.1. The van der Waals surface area contributed by atoms with Crippen molar-refractivity contribution in [3.05, 3.63) is 18.0 Å². The molecule has 0 spiro atoms. The van der Waals surface area contributed by atoms with Gasteiger partial charge in [0.15, 0.2) is 0 Å². The Labute approximate surface area is 108 Å². The van der Waals surface area contributed by atoms with E-state index in [4.69, 9.17) is 0 Å². The number of rotatable bonds is 5. The van der Waals surface area contributed by atoms with E-state index < -0.39 is 0 Å². The van der Waals surface area contributed by atoms with E-state index in [9.17, 15) is 4.79 Å². The Morgan fingerprint density at radius 2 is 2.18 bits per heavy atom. The first-order valence-electron chi connectivity index (χ1n) is 5.48. The molecule has 1 atom stereocenters. The molecule has 17 heavy (non-hydrogen) atoms. The molecule has 0 bridgehead atoms. The maximum atomic E-state index is 11.9. The van der Waals surface area contributed by atoms with E-state index in [-0.39, 0.29) is 24.4 Å². The first-order chi connectivity index (χ1) is 7.54. The second kappa shape index (κ2) is 7.29. The summed E-state index contributed by atoms with van der Waals surface area (Å²) in [6.07, 6.45) is 3.55. The topological polar surface area (TPSA) is 59.0 Å². The number of likely N-dealkylation sites (N-methyl/N-ethyl adjacent to an activating group) is 1. The van der Waals surface area contributed by atoms with E-state index in [1.807, 2.05) is 13.2 Å². The maximum absolute atomic E-state index is 11.9. The van der Waals surface area contributed by atoms with Gasteiger partial charge in [0.1, 0.15) is 6.04 Å². The van der Waals surface area contributed by atoms with Crippen molar-refractivity contribution in [3.8, 4) is 0 Å². The molecule has 0 fully saturated rings. The molecular weight excluding hydrogens is 240 g/mol. The van der Waals surface area contributed by atoms with Crippen LogP contribution in [0.25, 0.3) is 0 Å². The second-order valence-corrected chi connectivity index (χ2v) is 4.31. The predicted molar refractivity (Wildman–Crippen MR) is 70.1 cm³/mol. The van der Waals surface area contributed by atoms with Crippen molar-refractivity contribution in [2.75, 3.05) is 13.6 Å². The number of carbonyl (C=O) groups is 1. The maximum Gasteiger partial charge on any atom is 0.241 e. The van der Waals surface area contributed by atoms with E-state index in [1.54, 1.807) is 17.9 Å². The molecule has 0 aliphatic carbocycles. The molecule has 0 radical (unpaired) electrons. The van der Waals surface area contributed by atoms with Gasteiger partial charge in [0.05, 0.1) is 6.20 Å². The number of amides is 1. The van der Waals surface area contributed by atoms with Crippen molar-refractivity contribution in [1.82, 2.24) is 20.4 Å². The molecule has 0 aliphatic heterocycles. The quantitative estimate of drug-likeness (QED) is 0.826. The molecule has 1 heterocycles. The molecule has 6 heteroatoms. The largest absolute Gasteiger partial charge is 0.354 e. The first kappa shape index (κ1) is 15.9. The van der Waals surface area contributed by atoms with Crippen LogP contribution in [0.3, 0.4) is 0 Å². The van der Waals surface area contributed by atoms with Crippen molar-refractivity contribution in [1.29, 1.82) is 0 Å². The monoisotopic (exact) mass is 260 g/mol. The molecule has 2 N–H and O–H groups in total. The Morgan fingerprint density at radius 3 is 2.59 bits per heavy atom. The van der Waals surface area contributed by atoms with Gasteiger partial charge < -0.3 is 10.6 Å². The lowest BCUT2D eigenvalue weighted by atomic mass is 10.1. The number of hydrogen-bond acceptors (Lipinski definition) is 3. The number of aromatic nitrogens is 2. The highest BCUT2D eigenvalue weighted by Crippen LogP contribution is 2.11. The second-order valence-electron chi connectivity index (χ2n) is 4.31. The lowest BCUT2D eigenvalue weighted by Gasteiger charge is -2.15. The minimum atomic E-state index is -0.326. The number of aryl methyl sites for hydroxylation is 1. The number of carbonyl (C=O) groups excluding carboxylic acids is 1. The third-order valence-corrected chi connectivity index (χ3v) is 2.29. The average Bonchev–Trinajstić information content (AvgIpc) is 2.63. The molecule has 1 rings (SSSR count). The van der Waals surface area contributed by atoms with Crippen LogP contribution in [0.15, 0.2) is 12.4 Å². The number of nitrogens with zero attached hydrogens (tertiary/aromatic N) is 2. The predicted octanol–water partition coefficient (Wildman–Crippen LogP) is 0.875. The molecule has 1 amide bonds. The zero-order valence-corrected chi connectivity index (χ0v) is 11.5. The Morgan fingerprint density at radius 1 is 1.53 bits per heavy atom. The Kier molecular flexibility index (Phi) is 6.83. The number of nitrogens with one attached hydrogen (secondary N) is 2. The SMILES string of the molecule is CNC(C(=O)NCC(C)C)c1cnn(C)c1.Cl. The molecular formula is C11H21ClN4O. The molecule has 0 aromatic carbocycles. The third-order valence-electron chi connectivity index (χ3n) is 2.29. The van der Waals surface area contributed by atoms with Crippen LogP contribution >= 0.6 is 12.4 Å². The Hall–Kier alpha value is -1.07. The van der Waals surface area contributed by atoms with Gasteiger partial charge in [-0.1, -0.05) is 13.8 Å². The fourth-order valence-electron chi connectivity index (χ4n) is 1.45. The van der Waals surface area contributed by atoms with E-state index in [1.165, 1.54) is 0 Å². The van der Waals surface area contributed by atoms with Gasteiger partial charge in [-0.2, -0.15) is 5.10 Å². The van der Waals surface area contributed by atoms with Crippen molar-refractivity contribution >= 4 is 18.3 Å². The summed E-state index contributed by atoms with van der Waals surface area (Å²) in [5, 5.41) is 9.95. The van der Waals surface area contributed by atoms with Gasteiger partial charge in [0, 0.05) is 25.4 Å². The van der Waals surface area contributed by atoms with Crippen LogP contribution in [0, 0.1) is 5.92 Å². The highest BCUT2D eigenvalue weighted by Gasteiger charge is 2.19. The van der Waals surface area contributed by atoms with Crippen LogP contribution in [-0.4, -0.2) is 29.3 Å². The summed E-state index contributed by atoms with van der Waals surface area (Å²) in [7, 11) is 3.61. The molecule has 1 aromatic heterocycles. The summed E-state index contributed by atoms with van der Waals surface area (Å²) in [6, 6.07) is -0.326. The van der Waals surface area contributed by atoms with Gasteiger partial charge in [-0.3, -0.25) is 9.48 Å². The van der Waals surface area contributed by atoms with Crippen molar-refractivity contribution in [2.45, 2.75) is 19.9 Å². The highest BCUT2D eigenvalue weighted by molar-refractivity contribution is 5.85. The van der Waals surface area contributed by atoms with Gasteiger partial charge in [-0.15, -0.1) is 12.4 Å². The number of halogens is 1. The molecule has 5 nitrogen and oxygen atoms in total. The van der Waals surface area contributed by atoms with Crippen LogP contribution in [0.4, 0.5) is 0 Å². The minimum absolute atomic E-state index is 0. The molecule has 98 valence electrons. The van der Waals surface area contributed by atoms with Crippen LogP contribution in [0.2, 0.25) is 0 Å². The summed E-state index contributed by atoms with van der Waals surface area (Å²) < 4.78 is 1.69. The van der Waals surface area contributed by atoms with E-state index in [2.05, 4.69) is 29.6 Å². The summed E-state index contributed by atoms with van der Waals surface area (Å²) in [6.45, 7) is 4.83. The molecule has 1 aromatic rings. The van der Waals surface area contributed by atoms with Crippen molar-refractivity contribution in [3.63, 3.8) is 0 Å². The van der Waals surface area contributed by atoms with E-state index >= 15 is 0 Å². The molecule has 0 saturated heterocycles. The number of hydrogen-bond donors (Lipinski definition) is 2. The standard InChI is InChI=1S/C11H20N4O.ClH/c1-8(2)5-13-11(16)10(12-3)9-6-14-15(4)7-9;/h6-8,10,12H,5H2,1-4H3,(H,13,16);1H. The van der Waals surface area contributed by atoms with Crippen molar-refractivity contribution in [2.24, 2.45) is 13.0 Å². The van der Waals surface area contributed by atoms with Crippen LogP contribution in [0.1, 0.15) is 25.5 Å². The zero-order valence-electron chi connectivity index (χ0n) is 10.7. The van der Waals surface area contributed by atoms with Gasteiger partial charge >= 0.3 is 0 Å².